The third-order valence-corrected chi connectivity index (χ3v) is 3.17. The molecule has 0 saturated heterocycles. The molecule has 0 aromatic heterocycles. The Balaban J connectivity index is 2.18. The first-order valence-electron chi connectivity index (χ1n) is 6.74. The van der Waals surface area contributed by atoms with E-state index in [0.29, 0.717) is 13.2 Å². The summed E-state index contributed by atoms with van der Waals surface area (Å²) in [5.74, 6) is 0.751. The average molecular weight is 264 g/mol. The second kappa shape index (κ2) is 7.79. The normalized spacial score (nSPS) is 13.7. The van der Waals surface area contributed by atoms with Gasteiger partial charge in [0.2, 0.25) is 5.91 Å². The summed E-state index contributed by atoms with van der Waals surface area (Å²) in [6.45, 7) is 6.90. The number of carbonyl (C=O) groups is 1. The van der Waals surface area contributed by atoms with Crippen LogP contribution in [0.15, 0.2) is 24.3 Å². The van der Waals surface area contributed by atoms with Crippen molar-refractivity contribution < 1.29 is 9.53 Å². The topological polar surface area (TPSA) is 64.3 Å². The molecule has 1 aromatic rings. The maximum Gasteiger partial charge on any atom is 0.224 e. The van der Waals surface area contributed by atoms with Gasteiger partial charge in [0.25, 0.3) is 0 Å². The highest BCUT2D eigenvalue weighted by Gasteiger charge is 2.15. The lowest BCUT2D eigenvalue weighted by Crippen LogP contribution is -2.39. The number of amides is 1. The number of rotatable bonds is 7. The third-order valence-electron chi connectivity index (χ3n) is 3.17. The highest BCUT2D eigenvalue weighted by Crippen LogP contribution is 2.15. The summed E-state index contributed by atoms with van der Waals surface area (Å²) in [4.78, 5) is 11.6. The van der Waals surface area contributed by atoms with Gasteiger partial charge in [-0.25, -0.2) is 0 Å². The number of benzene rings is 1. The molecule has 4 nitrogen and oxygen atoms in total. The maximum atomic E-state index is 11.6. The fourth-order valence-corrected chi connectivity index (χ4v) is 1.58. The molecule has 2 unspecified atom stereocenters. The van der Waals surface area contributed by atoms with Gasteiger partial charge < -0.3 is 15.8 Å². The zero-order valence-electron chi connectivity index (χ0n) is 12.0. The Kier molecular flexibility index (Phi) is 6.36. The van der Waals surface area contributed by atoms with Crippen molar-refractivity contribution in [1.29, 1.82) is 0 Å². The van der Waals surface area contributed by atoms with Crippen LogP contribution in [0, 0.1) is 12.8 Å². The SMILES string of the molecule is Cc1ccccc1OCCCNC(=O)C(C)C(C)N. The first kappa shape index (κ1) is 15.5. The smallest absolute Gasteiger partial charge is 0.224 e. The molecule has 0 aliphatic rings. The zero-order chi connectivity index (χ0) is 14.3. The van der Waals surface area contributed by atoms with Gasteiger partial charge in [0.15, 0.2) is 0 Å². The Morgan fingerprint density at radius 3 is 2.68 bits per heavy atom. The van der Waals surface area contributed by atoms with Crippen molar-refractivity contribution in [2.75, 3.05) is 13.2 Å². The number of para-hydroxylation sites is 1. The quantitative estimate of drug-likeness (QED) is 0.739. The average Bonchev–Trinajstić information content (AvgIpc) is 2.39. The van der Waals surface area contributed by atoms with Crippen molar-refractivity contribution in [2.24, 2.45) is 11.7 Å². The van der Waals surface area contributed by atoms with E-state index in [1.165, 1.54) is 0 Å². The molecule has 0 heterocycles. The summed E-state index contributed by atoms with van der Waals surface area (Å²) >= 11 is 0. The van der Waals surface area contributed by atoms with E-state index in [1.807, 2.05) is 45.0 Å². The van der Waals surface area contributed by atoms with Gasteiger partial charge in [-0.3, -0.25) is 4.79 Å². The summed E-state index contributed by atoms with van der Waals surface area (Å²) in [6, 6.07) is 7.78. The first-order valence-corrected chi connectivity index (χ1v) is 6.74. The lowest BCUT2D eigenvalue weighted by Gasteiger charge is -2.15. The molecule has 0 spiro atoms. The van der Waals surface area contributed by atoms with Crippen molar-refractivity contribution >= 4 is 5.91 Å². The van der Waals surface area contributed by atoms with Crippen LogP contribution in [0.5, 0.6) is 5.75 Å². The summed E-state index contributed by atoms with van der Waals surface area (Å²) < 4.78 is 5.65. The molecular weight excluding hydrogens is 240 g/mol. The minimum atomic E-state index is -0.155. The van der Waals surface area contributed by atoms with Crippen molar-refractivity contribution in [3.8, 4) is 5.75 Å². The lowest BCUT2D eigenvalue weighted by atomic mass is 10.0. The van der Waals surface area contributed by atoms with Gasteiger partial charge in [0, 0.05) is 18.5 Å². The Labute approximate surface area is 115 Å². The summed E-state index contributed by atoms with van der Waals surface area (Å²) in [5.41, 5.74) is 6.80. The summed E-state index contributed by atoms with van der Waals surface area (Å²) in [5, 5.41) is 2.87. The fraction of sp³-hybridized carbons (Fsp3) is 0.533. The molecule has 0 bridgehead atoms. The van der Waals surface area contributed by atoms with E-state index >= 15 is 0 Å². The number of ether oxygens (including phenoxy) is 1. The molecular formula is C15H24N2O2. The molecule has 0 radical (unpaired) electrons. The second-order valence-electron chi connectivity index (χ2n) is 4.91. The molecule has 0 saturated carbocycles. The molecule has 19 heavy (non-hydrogen) atoms. The minimum absolute atomic E-state index is 0.00546. The summed E-state index contributed by atoms with van der Waals surface area (Å²) in [7, 11) is 0. The van der Waals surface area contributed by atoms with E-state index in [2.05, 4.69) is 5.32 Å². The van der Waals surface area contributed by atoms with Crippen LogP contribution in [-0.4, -0.2) is 25.1 Å². The second-order valence-corrected chi connectivity index (χ2v) is 4.91. The van der Waals surface area contributed by atoms with Crippen LogP contribution >= 0.6 is 0 Å². The molecule has 0 aliphatic carbocycles. The Hall–Kier alpha value is -1.55. The number of nitrogens with two attached hydrogens (primary N) is 1. The monoisotopic (exact) mass is 264 g/mol. The molecule has 4 heteroatoms. The van der Waals surface area contributed by atoms with E-state index in [4.69, 9.17) is 10.5 Å². The molecule has 1 aromatic carbocycles. The van der Waals surface area contributed by atoms with Crippen LogP contribution in [0.1, 0.15) is 25.8 Å². The van der Waals surface area contributed by atoms with E-state index < -0.39 is 0 Å². The Morgan fingerprint density at radius 2 is 2.05 bits per heavy atom. The van der Waals surface area contributed by atoms with Crippen LogP contribution in [0.3, 0.4) is 0 Å². The maximum absolute atomic E-state index is 11.6. The van der Waals surface area contributed by atoms with E-state index in [9.17, 15) is 4.79 Å². The highest BCUT2D eigenvalue weighted by atomic mass is 16.5. The van der Waals surface area contributed by atoms with E-state index in [1.54, 1.807) is 0 Å². The minimum Gasteiger partial charge on any atom is -0.493 e. The number of carbonyl (C=O) groups excluding carboxylic acids is 1. The number of hydrogen-bond donors (Lipinski definition) is 2. The van der Waals surface area contributed by atoms with Gasteiger partial charge >= 0.3 is 0 Å². The molecule has 0 aliphatic heterocycles. The predicted octanol–water partition coefficient (Wildman–Crippen LogP) is 1.86. The van der Waals surface area contributed by atoms with Crippen molar-refractivity contribution in [1.82, 2.24) is 5.32 Å². The molecule has 0 fully saturated rings. The van der Waals surface area contributed by atoms with E-state index in [0.717, 1.165) is 17.7 Å². The van der Waals surface area contributed by atoms with Crippen LogP contribution in [0.2, 0.25) is 0 Å². The van der Waals surface area contributed by atoms with Crippen molar-refractivity contribution in [2.45, 2.75) is 33.2 Å². The van der Waals surface area contributed by atoms with Gasteiger partial charge in [-0.15, -0.1) is 0 Å². The Morgan fingerprint density at radius 1 is 1.37 bits per heavy atom. The largest absolute Gasteiger partial charge is 0.493 e. The fourth-order valence-electron chi connectivity index (χ4n) is 1.58. The van der Waals surface area contributed by atoms with Gasteiger partial charge in [-0.1, -0.05) is 25.1 Å². The lowest BCUT2D eigenvalue weighted by molar-refractivity contribution is -0.124. The van der Waals surface area contributed by atoms with Crippen molar-refractivity contribution in [3.63, 3.8) is 0 Å². The molecule has 3 N–H and O–H groups in total. The van der Waals surface area contributed by atoms with Crippen LogP contribution in [-0.2, 0) is 4.79 Å². The number of nitrogens with one attached hydrogen (secondary N) is 1. The highest BCUT2D eigenvalue weighted by molar-refractivity contribution is 5.78. The molecule has 1 amide bonds. The van der Waals surface area contributed by atoms with E-state index in [-0.39, 0.29) is 17.9 Å². The summed E-state index contributed by atoms with van der Waals surface area (Å²) in [6.07, 6.45) is 0.783. The van der Waals surface area contributed by atoms with Crippen molar-refractivity contribution in [3.05, 3.63) is 29.8 Å². The van der Waals surface area contributed by atoms with Gasteiger partial charge in [0.1, 0.15) is 5.75 Å². The Bertz CT molecular complexity index is 405. The van der Waals surface area contributed by atoms with Crippen LogP contribution in [0.25, 0.3) is 0 Å². The number of hydrogen-bond acceptors (Lipinski definition) is 3. The van der Waals surface area contributed by atoms with Crippen LogP contribution < -0.4 is 15.8 Å². The first-order chi connectivity index (χ1) is 9.02. The molecule has 106 valence electrons. The van der Waals surface area contributed by atoms with Gasteiger partial charge in [-0.2, -0.15) is 0 Å². The standard InChI is InChI=1S/C15H24N2O2/c1-11-7-4-5-8-14(11)19-10-6-9-17-15(18)12(2)13(3)16/h4-5,7-8,12-13H,6,9-10,16H2,1-3H3,(H,17,18). The predicted molar refractivity (Wildman–Crippen MR) is 77.1 cm³/mol. The molecule has 1 rings (SSSR count). The van der Waals surface area contributed by atoms with Gasteiger partial charge in [0.05, 0.1) is 6.61 Å². The van der Waals surface area contributed by atoms with Gasteiger partial charge in [-0.05, 0) is 31.9 Å². The zero-order valence-corrected chi connectivity index (χ0v) is 12.0. The molecule has 2 atom stereocenters. The van der Waals surface area contributed by atoms with Crippen LogP contribution in [0.4, 0.5) is 0 Å². The number of aryl methyl sites for hydroxylation is 1. The third kappa shape index (κ3) is 5.30.